The van der Waals surface area contributed by atoms with Gasteiger partial charge in [-0.15, -0.1) is 0 Å². The average molecular weight is 260 g/mol. The Morgan fingerprint density at radius 1 is 1.11 bits per heavy atom. The van der Waals surface area contributed by atoms with Gasteiger partial charge in [-0.25, -0.2) is 0 Å². The van der Waals surface area contributed by atoms with Crippen LogP contribution in [0.1, 0.15) is 49.7 Å². The van der Waals surface area contributed by atoms with Gasteiger partial charge in [0.1, 0.15) is 0 Å². The number of hydrogen-bond donors (Lipinski definition) is 2. The van der Waals surface area contributed by atoms with Gasteiger partial charge in [-0.05, 0) is 43.9 Å². The number of hydrogen-bond acceptors (Lipinski definition) is 2. The summed E-state index contributed by atoms with van der Waals surface area (Å²) in [6, 6.07) is 3.90. The molecule has 0 radical (unpaired) electrons. The molecule has 1 amide bonds. The van der Waals surface area contributed by atoms with Crippen molar-refractivity contribution in [3.8, 4) is 0 Å². The van der Waals surface area contributed by atoms with Gasteiger partial charge in [-0.2, -0.15) is 0 Å². The van der Waals surface area contributed by atoms with Gasteiger partial charge in [0, 0.05) is 17.3 Å². The first-order chi connectivity index (χ1) is 9.08. The zero-order chi connectivity index (χ0) is 13.8. The number of carbonyl (C=O) groups is 1. The van der Waals surface area contributed by atoms with Gasteiger partial charge in [0.05, 0.1) is 0 Å². The third-order valence-electron chi connectivity index (χ3n) is 4.10. The minimum atomic E-state index is 0.160. The van der Waals surface area contributed by atoms with E-state index < -0.39 is 0 Å². The SMILES string of the molecule is Cc1cc(C)c(NC(=O)C2CCCCCC2)cc1N. The van der Waals surface area contributed by atoms with E-state index in [1.165, 1.54) is 25.7 Å². The molecule has 0 spiro atoms. The predicted molar refractivity (Wildman–Crippen MR) is 80.2 cm³/mol. The molecule has 1 aromatic rings. The maximum absolute atomic E-state index is 12.3. The van der Waals surface area contributed by atoms with Crippen molar-refractivity contribution in [2.24, 2.45) is 5.92 Å². The van der Waals surface area contributed by atoms with Crippen molar-refractivity contribution in [3.63, 3.8) is 0 Å². The lowest BCUT2D eigenvalue weighted by molar-refractivity contribution is -0.120. The second-order valence-corrected chi connectivity index (χ2v) is 5.70. The van der Waals surface area contributed by atoms with Crippen LogP contribution in [-0.4, -0.2) is 5.91 Å². The van der Waals surface area contributed by atoms with E-state index in [1.807, 2.05) is 26.0 Å². The highest BCUT2D eigenvalue weighted by atomic mass is 16.1. The molecule has 2 rings (SSSR count). The summed E-state index contributed by atoms with van der Waals surface area (Å²) in [6.07, 6.45) is 6.92. The summed E-state index contributed by atoms with van der Waals surface area (Å²) in [5, 5.41) is 3.06. The maximum Gasteiger partial charge on any atom is 0.227 e. The van der Waals surface area contributed by atoms with Crippen LogP contribution in [0.5, 0.6) is 0 Å². The van der Waals surface area contributed by atoms with Crippen LogP contribution in [0.3, 0.4) is 0 Å². The van der Waals surface area contributed by atoms with Crippen molar-refractivity contribution in [3.05, 3.63) is 23.3 Å². The summed E-state index contributed by atoms with van der Waals surface area (Å²) in [6.45, 7) is 3.99. The molecule has 3 heteroatoms. The minimum absolute atomic E-state index is 0.160. The van der Waals surface area contributed by atoms with Crippen molar-refractivity contribution in [1.29, 1.82) is 0 Å². The van der Waals surface area contributed by atoms with Gasteiger partial charge in [-0.1, -0.05) is 31.7 Å². The molecule has 3 nitrogen and oxygen atoms in total. The van der Waals surface area contributed by atoms with Crippen molar-refractivity contribution >= 4 is 17.3 Å². The van der Waals surface area contributed by atoms with E-state index >= 15 is 0 Å². The van der Waals surface area contributed by atoms with Gasteiger partial charge in [0.2, 0.25) is 5.91 Å². The highest BCUT2D eigenvalue weighted by Gasteiger charge is 2.20. The molecule has 3 N–H and O–H groups in total. The quantitative estimate of drug-likeness (QED) is 0.628. The molecule has 1 aliphatic carbocycles. The predicted octanol–water partition coefficient (Wildman–Crippen LogP) is 3.79. The first-order valence-electron chi connectivity index (χ1n) is 7.25. The van der Waals surface area contributed by atoms with E-state index in [0.717, 1.165) is 35.3 Å². The Labute approximate surface area is 115 Å². The fourth-order valence-corrected chi connectivity index (χ4v) is 2.78. The largest absolute Gasteiger partial charge is 0.398 e. The summed E-state index contributed by atoms with van der Waals surface area (Å²) in [5.74, 6) is 0.331. The number of benzene rings is 1. The van der Waals surface area contributed by atoms with Crippen LogP contribution in [-0.2, 0) is 4.79 Å². The zero-order valence-electron chi connectivity index (χ0n) is 12.0. The topological polar surface area (TPSA) is 55.1 Å². The molecule has 1 fully saturated rings. The lowest BCUT2D eigenvalue weighted by Gasteiger charge is -2.16. The molecule has 0 atom stereocenters. The van der Waals surface area contributed by atoms with E-state index in [9.17, 15) is 4.79 Å². The number of anilines is 2. The fraction of sp³-hybridized carbons (Fsp3) is 0.562. The van der Waals surface area contributed by atoms with Crippen LogP contribution >= 0.6 is 0 Å². The second-order valence-electron chi connectivity index (χ2n) is 5.70. The Kier molecular flexibility index (Phi) is 4.46. The second kappa shape index (κ2) is 6.09. The van der Waals surface area contributed by atoms with E-state index in [-0.39, 0.29) is 11.8 Å². The number of carbonyl (C=O) groups excluding carboxylic acids is 1. The normalized spacial score (nSPS) is 16.9. The van der Waals surface area contributed by atoms with Gasteiger partial charge >= 0.3 is 0 Å². The van der Waals surface area contributed by atoms with Crippen molar-refractivity contribution < 1.29 is 4.79 Å². The molecular weight excluding hydrogens is 236 g/mol. The monoisotopic (exact) mass is 260 g/mol. The van der Waals surface area contributed by atoms with Crippen LogP contribution in [0.25, 0.3) is 0 Å². The number of nitrogens with two attached hydrogens (primary N) is 1. The smallest absolute Gasteiger partial charge is 0.227 e. The number of amides is 1. The molecule has 0 heterocycles. The lowest BCUT2D eigenvalue weighted by atomic mass is 9.99. The standard InChI is InChI=1S/C16H24N2O/c1-11-9-12(2)15(10-14(11)17)18-16(19)13-7-5-3-4-6-8-13/h9-10,13H,3-8,17H2,1-2H3,(H,18,19). The van der Waals surface area contributed by atoms with E-state index in [1.54, 1.807) is 0 Å². The van der Waals surface area contributed by atoms with Crippen molar-refractivity contribution in [1.82, 2.24) is 0 Å². The molecule has 104 valence electrons. The Hall–Kier alpha value is -1.51. The van der Waals surface area contributed by atoms with E-state index in [4.69, 9.17) is 5.73 Å². The van der Waals surface area contributed by atoms with Crippen LogP contribution < -0.4 is 11.1 Å². The van der Waals surface area contributed by atoms with Gasteiger partial charge in [0.25, 0.3) is 0 Å². The van der Waals surface area contributed by atoms with Crippen LogP contribution in [0.4, 0.5) is 11.4 Å². The van der Waals surface area contributed by atoms with Crippen LogP contribution in [0, 0.1) is 19.8 Å². The Morgan fingerprint density at radius 3 is 2.37 bits per heavy atom. The van der Waals surface area contributed by atoms with Gasteiger partial charge < -0.3 is 11.1 Å². The first-order valence-corrected chi connectivity index (χ1v) is 7.25. The summed E-state index contributed by atoms with van der Waals surface area (Å²) in [7, 11) is 0. The molecule has 0 aromatic heterocycles. The number of aryl methyl sites for hydroxylation is 2. The summed E-state index contributed by atoms with van der Waals surface area (Å²) in [5.41, 5.74) is 9.65. The Bertz CT molecular complexity index is 460. The highest BCUT2D eigenvalue weighted by Crippen LogP contribution is 2.26. The number of rotatable bonds is 2. The first kappa shape index (κ1) is 13.9. The molecule has 0 bridgehead atoms. The maximum atomic E-state index is 12.3. The van der Waals surface area contributed by atoms with Crippen LogP contribution in [0.2, 0.25) is 0 Å². The summed E-state index contributed by atoms with van der Waals surface area (Å²) < 4.78 is 0. The summed E-state index contributed by atoms with van der Waals surface area (Å²) >= 11 is 0. The zero-order valence-corrected chi connectivity index (χ0v) is 12.0. The summed E-state index contributed by atoms with van der Waals surface area (Å²) in [4.78, 5) is 12.3. The number of nitrogens with one attached hydrogen (secondary N) is 1. The Morgan fingerprint density at radius 2 is 1.74 bits per heavy atom. The van der Waals surface area contributed by atoms with Crippen LogP contribution in [0.15, 0.2) is 12.1 Å². The number of nitrogen functional groups attached to an aromatic ring is 1. The molecule has 1 saturated carbocycles. The third-order valence-corrected chi connectivity index (χ3v) is 4.10. The van der Waals surface area contributed by atoms with E-state index in [2.05, 4.69) is 5.32 Å². The minimum Gasteiger partial charge on any atom is -0.398 e. The fourth-order valence-electron chi connectivity index (χ4n) is 2.78. The van der Waals surface area contributed by atoms with Gasteiger partial charge in [-0.3, -0.25) is 4.79 Å². The average Bonchev–Trinajstić information content (AvgIpc) is 2.64. The molecule has 0 saturated heterocycles. The molecule has 0 unspecified atom stereocenters. The Balaban J connectivity index is 2.07. The van der Waals surface area contributed by atoms with E-state index in [0.29, 0.717) is 0 Å². The van der Waals surface area contributed by atoms with Crippen molar-refractivity contribution in [2.75, 3.05) is 11.1 Å². The molecular formula is C16H24N2O. The third kappa shape index (κ3) is 3.49. The molecule has 0 aliphatic heterocycles. The lowest BCUT2D eigenvalue weighted by Crippen LogP contribution is -2.22. The highest BCUT2D eigenvalue weighted by molar-refractivity contribution is 5.93. The molecule has 19 heavy (non-hydrogen) atoms. The molecule has 1 aromatic carbocycles. The van der Waals surface area contributed by atoms with Crippen molar-refractivity contribution in [2.45, 2.75) is 52.4 Å². The van der Waals surface area contributed by atoms with Gasteiger partial charge in [0.15, 0.2) is 0 Å². The molecule has 1 aliphatic rings.